The topological polar surface area (TPSA) is 82.1 Å². The summed E-state index contributed by atoms with van der Waals surface area (Å²) in [5.41, 5.74) is 1.64. The number of amides is 1. The number of carboxylic acid groups (broad SMARTS) is 1. The standard InChI is InChI=1S/C25H30BrN3O4/c26-21-6-4-19(5-7-21)17-28-10-12-29(13-11-28)18-20-2-1-3-22(16-20)27-23(30)25(24(31)32)8-14-33-15-9-25/h1-7,16H,8-15,17-18H2,(H,27,30)(H,31,32). The molecule has 1 amide bonds. The Kier molecular flexibility index (Phi) is 7.80. The van der Waals surface area contributed by atoms with Crippen LogP contribution in [0.15, 0.2) is 53.0 Å². The van der Waals surface area contributed by atoms with E-state index < -0.39 is 17.3 Å². The van der Waals surface area contributed by atoms with Gasteiger partial charge in [-0.1, -0.05) is 40.2 Å². The van der Waals surface area contributed by atoms with Gasteiger partial charge in [0.15, 0.2) is 5.41 Å². The van der Waals surface area contributed by atoms with E-state index >= 15 is 0 Å². The molecule has 2 aromatic carbocycles. The Bertz CT molecular complexity index is 968. The minimum atomic E-state index is -1.42. The second kappa shape index (κ2) is 10.8. The lowest BCUT2D eigenvalue weighted by atomic mass is 9.79. The molecule has 0 aliphatic carbocycles. The van der Waals surface area contributed by atoms with Gasteiger partial charge in [0.25, 0.3) is 0 Å². The molecule has 0 bridgehead atoms. The highest BCUT2D eigenvalue weighted by Crippen LogP contribution is 2.32. The zero-order chi connectivity index (χ0) is 23.3. The van der Waals surface area contributed by atoms with Crippen LogP contribution in [0.4, 0.5) is 5.69 Å². The molecule has 2 fully saturated rings. The largest absolute Gasteiger partial charge is 0.480 e. The van der Waals surface area contributed by atoms with Crippen molar-refractivity contribution in [2.24, 2.45) is 5.41 Å². The number of carboxylic acids is 1. The van der Waals surface area contributed by atoms with Crippen LogP contribution >= 0.6 is 15.9 Å². The molecule has 2 saturated heterocycles. The zero-order valence-corrected chi connectivity index (χ0v) is 20.2. The monoisotopic (exact) mass is 515 g/mol. The van der Waals surface area contributed by atoms with Crippen LogP contribution in [0.2, 0.25) is 0 Å². The fraction of sp³-hybridized carbons (Fsp3) is 0.440. The number of ether oxygens (including phenoxy) is 1. The summed E-state index contributed by atoms with van der Waals surface area (Å²) in [6.07, 6.45) is 0.386. The summed E-state index contributed by atoms with van der Waals surface area (Å²) in [5, 5.41) is 12.5. The highest BCUT2D eigenvalue weighted by atomic mass is 79.9. The smallest absolute Gasteiger partial charge is 0.319 e. The van der Waals surface area contributed by atoms with Gasteiger partial charge in [0.1, 0.15) is 0 Å². The fourth-order valence-corrected chi connectivity index (χ4v) is 4.73. The lowest BCUT2D eigenvalue weighted by molar-refractivity contribution is -0.160. The molecular formula is C25H30BrN3O4. The lowest BCUT2D eigenvalue weighted by Crippen LogP contribution is -2.47. The van der Waals surface area contributed by atoms with E-state index in [1.54, 1.807) is 0 Å². The molecule has 0 spiro atoms. The summed E-state index contributed by atoms with van der Waals surface area (Å²) in [7, 11) is 0. The van der Waals surface area contributed by atoms with Crippen molar-refractivity contribution >= 4 is 33.5 Å². The van der Waals surface area contributed by atoms with Gasteiger partial charge in [0.05, 0.1) is 0 Å². The molecule has 176 valence electrons. The molecule has 2 aliphatic rings. The SMILES string of the molecule is O=C(O)C1(C(=O)Nc2cccc(CN3CCN(Cc4ccc(Br)cc4)CC3)c2)CCOCC1. The third kappa shape index (κ3) is 6.00. The van der Waals surface area contributed by atoms with Gasteiger partial charge in [0.2, 0.25) is 5.91 Å². The third-order valence-corrected chi connectivity index (χ3v) is 7.09. The molecule has 2 aromatic rings. The van der Waals surface area contributed by atoms with Gasteiger partial charge in [-0.25, -0.2) is 0 Å². The Morgan fingerprint density at radius 1 is 0.939 bits per heavy atom. The number of carbonyl (C=O) groups excluding carboxylic acids is 1. The molecular weight excluding hydrogens is 486 g/mol. The van der Waals surface area contributed by atoms with E-state index in [-0.39, 0.29) is 26.1 Å². The number of halogens is 1. The zero-order valence-electron chi connectivity index (χ0n) is 18.6. The molecule has 0 atom stereocenters. The number of rotatable bonds is 7. The van der Waals surface area contributed by atoms with Crippen LogP contribution in [0, 0.1) is 5.41 Å². The second-order valence-electron chi connectivity index (χ2n) is 8.83. The highest BCUT2D eigenvalue weighted by Gasteiger charge is 2.47. The highest BCUT2D eigenvalue weighted by molar-refractivity contribution is 9.10. The van der Waals surface area contributed by atoms with Crippen LogP contribution in [0.25, 0.3) is 0 Å². The Hall–Kier alpha value is -2.26. The quantitative estimate of drug-likeness (QED) is 0.548. The van der Waals surface area contributed by atoms with Crippen LogP contribution in [0.5, 0.6) is 0 Å². The van der Waals surface area contributed by atoms with Crippen LogP contribution in [-0.2, 0) is 27.4 Å². The van der Waals surface area contributed by atoms with Crippen molar-refractivity contribution < 1.29 is 19.4 Å². The van der Waals surface area contributed by atoms with Crippen molar-refractivity contribution in [1.29, 1.82) is 0 Å². The van der Waals surface area contributed by atoms with Crippen LogP contribution in [-0.4, -0.2) is 66.2 Å². The molecule has 0 saturated carbocycles. The molecule has 0 unspecified atom stereocenters. The van der Waals surface area contributed by atoms with Crippen molar-refractivity contribution in [3.05, 3.63) is 64.1 Å². The number of hydrogen-bond acceptors (Lipinski definition) is 5. The minimum absolute atomic E-state index is 0.193. The number of aliphatic carboxylic acids is 1. The summed E-state index contributed by atoms with van der Waals surface area (Å²) in [5.74, 6) is -1.54. The van der Waals surface area contributed by atoms with Gasteiger partial charge in [-0.2, -0.15) is 0 Å². The summed E-state index contributed by atoms with van der Waals surface area (Å²) < 4.78 is 6.37. The summed E-state index contributed by atoms with van der Waals surface area (Å²) in [6.45, 7) is 6.31. The van der Waals surface area contributed by atoms with Gasteiger partial charge in [-0.05, 0) is 48.2 Å². The van der Waals surface area contributed by atoms with Gasteiger partial charge in [-0.15, -0.1) is 0 Å². The Balaban J connectivity index is 1.31. The van der Waals surface area contributed by atoms with E-state index in [1.807, 2.05) is 24.3 Å². The number of nitrogens with zero attached hydrogens (tertiary/aromatic N) is 2. The molecule has 2 heterocycles. The summed E-state index contributed by atoms with van der Waals surface area (Å²) in [4.78, 5) is 29.6. The molecule has 2 aliphatic heterocycles. The van der Waals surface area contributed by atoms with Crippen molar-refractivity contribution in [3.63, 3.8) is 0 Å². The van der Waals surface area contributed by atoms with E-state index in [1.165, 1.54) is 5.56 Å². The molecule has 0 aromatic heterocycles. The molecule has 8 heteroatoms. The third-order valence-electron chi connectivity index (χ3n) is 6.57. The fourth-order valence-electron chi connectivity index (χ4n) is 4.47. The molecule has 4 rings (SSSR count). The number of carbonyl (C=O) groups is 2. The minimum Gasteiger partial charge on any atom is -0.480 e. The maximum atomic E-state index is 12.9. The lowest BCUT2D eigenvalue weighted by Gasteiger charge is -2.35. The number of hydrogen-bond donors (Lipinski definition) is 2. The van der Waals surface area contributed by atoms with E-state index in [9.17, 15) is 14.7 Å². The average Bonchev–Trinajstić information content (AvgIpc) is 2.82. The van der Waals surface area contributed by atoms with Gasteiger partial charge in [-0.3, -0.25) is 19.4 Å². The molecule has 2 N–H and O–H groups in total. The predicted molar refractivity (Wildman–Crippen MR) is 130 cm³/mol. The van der Waals surface area contributed by atoms with E-state index in [2.05, 4.69) is 55.3 Å². The maximum absolute atomic E-state index is 12.9. The summed E-state index contributed by atoms with van der Waals surface area (Å²) >= 11 is 3.48. The normalized spacial score (nSPS) is 19.2. The van der Waals surface area contributed by atoms with Gasteiger partial charge < -0.3 is 15.2 Å². The first-order valence-electron chi connectivity index (χ1n) is 11.4. The molecule has 33 heavy (non-hydrogen) atoms. The Morgan fingerprint density at radius 2 is 1.55 bits per heavy atom. The average molecular weight is 516 g/mol. The van der Waals surface area contributed by atoms with E-state index in [0.717, 1.165) is 49.3 Å². The number of piperazine rings is 1. The summed E-state index contributed by atoms with van der Waals surface area (Å²) in [6, 6.07) is 16.2. The Morgan fingerprint density at radius 3 is 2.15 bits per heavy atom. The first-order valence-corrected chi connectivity index (χ1v) is 12.1. The van der Waals surface area contributed by atoms with E-state index in [0.29, 0.717) is 5.69 Å². The van der Waals surface area contributed by atoms with E-state index in [4.69, 9.17) is 4.74 Å². The van der Waals surface area contributed by atoms with Crippen molar-refractivity contribution in [1.82, 2.24) is 9.80 Å². The molecule has 7 nitrogen and oxygen atoms in total. The number of nitrogens with one attached hydrogen (secondary N) is 1. The van der Waals surface area contributed by atoms with Crippen molar-refractivity contribution in [2.45, 2.75) is 25.9 Å². The maximum Gasteiger partial charge on any atom is 0.319 e. The van der Waals surface area contributed by atoms with Gasteiger partial charge >= 0.3 is 5.97 Å². The first-order chi connectivity index (χ1) is 15.9. The van der Waals surface area contributed by atoms with Gasteiger partial charge in [0, 0.05) is 62.6 Å². The second-order valence-corrected chi connectivity index (χ2v) is 9.75. The van der Waals surface area contributed by atoms with Crippen molar-refractivity contribution in [2.75, 3.05) is 44.7 Å². The van der Waals surface area contributed by atoms with Crippen LogP contribution in [0.1, 0.15) is 24.0 Å². The van der Waals surface area contributed by atoms with Crippen molar-refractivity contribution in [3.8, 4) is 0 Å². The van der Waals surface area contributed by atoms with Crippen LogP contribution < -0.4 is 5.32 Å². The number of benzene rings is 2. The number of anilines is 1. The first kappa shape index (κ1) is 23.9. The van der Waals surface area contributed by atoms with Crippen LogP contribution in [0.3, 0.4) is 0 Å². The molecule has 0 radical (unpaired) electrons. The predicted octanol–water partition coefficient (Wildman–Crippen LogP) is 3.59. The Labute approximate surface area is 202 Å².